The highest BCUT2D eigenvalue weighted by Crippen LogP contribution is 2.14. The van der Waals surface area contributed by atoms with Crippen LogP contribution in [0.1, 0.15) is 10.4 Å². The molecule has 1 aromatic rings. The lowest BCUT2D eigenvalue weighted by Crippen LogP contribution is -2.07. The van der Waals surface area contributed by atoms with Gasteiger partial charge in [0.2, 0.25) is 0 Å². The summed E-state index contributed by atoms with van der Waals surface area (Å²) in [5.41, 5.74) is 0.907. The first-order valence-electron chi connectivity index (χ1n) is 5.05. The molecule has 0 atom stereocenters. The van der Waals surface area contributed by atoms with E-state index in [9.17, 15) is 9.59 Å². The average molecular weight is 372 g/mol. The van der Waals surface area contributed by atoms with Crippen LogP contribution in [0.5, 0.6) is 0 Å². The van der Waals surface area contributed by atoms with Gasteiger partial charge in [-0.15, -0.1) is 0 Å². The van der Waals surface area contributed by atoms with E-state index in [4.69, 9.17) is 11.6 Å². The third kappa shape index (κ3) is 2.94. The van der Waals surface area contributed by atoms with Gasteiger partial charge in [0, 0.05) is 3.57 Å². The average Bonchev–Trinajstić information content (AvgIpc) is 2.34. The Hall–Kier alpha value is -1.27. The smallest absolute Gasteiger partial charge is 0.278 e. The van der Waals surface area contributed by atoms with Crippen molar-refractivity contribution in [2.24, 2.45) is 4.99 Å². The molecule has 90 valence electrons. The van der Waals surface area contributed by atoms with Crippen LogP contribution in [-0.2, 0) is 4.79 Å². The van der Waals surface area contributed by atoms with E-state index in [1.54, 1.807) is 12.1 Å². The van der Waals surface area contributed by atoms with E-state index < -0.39 is 0 Å². The summed E-state index contributed by atoms with van der Waals surface area (Å²) in [4.78, 5) is 27.0. The third-order valence-corrected chi connectivity index (χ3v) is 3.49. The molecule has 0 spiro atoms. The number of rotatable bonds is 1. The number of amides is 1. The van der Waals surface area contributed by atoms with Crippen LogP contribution in [0, 0.1) is 3.57 Å². The predicted molar refractivity (Wildman–Crippen MR) is 79.0 cm³/mol. The summed E-state index contributed by atoms with van der Waals surface area (Å²) < 4.78 is 0.829. The van der Waals surface area contributed by atoms with Crippen LogP contribution in [0.3, 0.4) is 0 Å². The van der Waals surface area contributed by atoms with Gasteiger partial charge in [-0.1, -0.05) is 23.7 Å². The lowest BCUT2D eigenvalue weighted by Gasteiger charge is -2.03. The van der Waals surface area contributed by atoms with Gasteiger partial charge < -0.3 is 0 Å². The van der Waals surface area contributed by atoms with Crippen molar-refractivity contribution >= 4 is 51.6 Å². The van der Waals surface area contributed by atoms with Gasteiger partial charge in [0.25, 0.3) is 5.91 Å². The molecule has 0 fully saturated rings. The van der Waals surface area contributed by atoms with Gasteiger partial charge in [0.05, 0.1) is 16.3 Å². The molecule has 0 unspecified atom stereocenters. The van der Waals surface area contributed by atoms with Gasteiger partial charge in [0.1, 0.15) is 0 Å². The van der Waals surface area contributed by atoms with Crippen molar-refractivity contribution in [1.82, 2.24) is 0 Å². The van der Waals surface area contributed by atoms with Gasteiger partial charge in [0.15, 0.2) is 5.78 Å². The number of hydrogen-bond acceptors (Lipinski definition) is 2. The second-order valence-electron chi connectivity index (χ2n) is 3.51. The van der Waals surface area contributed by atoms with Crippen molar-refractivity contribution < 1.29 is 9.59 Å². The summed E-state index contributed by atoms with van der Waals surface area (Å²) in [5.74, 6) is -0.632. The van der Waals surface area contributed by atoms with Crippen molar-refractivity contribution in [3.63, 3.8) is 0 Å². The molecule has 0 N–H and O–H groups in total. The van der Waals surface area contributed by atoms with Crippen LogP contribution >= 0.6 is 34.2 Å². The molecular formula is C13H7ClINO2. The molecule has 3 nitrogen and oxygen atoms in total. The van der Waals surface area contributed by atoms with E-state index in [0.29, 0.717) is 11.3 Å². The maximum atomic E-state index is 11.9. The Morgan fingerprint density at radius 2 is 1.94 bits per heavy atom. The molecule has 0 aliphatic heterocycles. The summed E-state index contributed by atoms with van der Waals surface area (Å²) in [6, 6.07) is 7.16. The van der Waals surface area contributed by atoms with Crippen LogP contribution in [0.15, 0.2) is 52.5 Å². The number of halogens is 2. The fraction of sp³-hybridized carbons (Fsp3) is 0. The Morgan fingerprint density at radius 3 is 2.61 bits per heavy atom. The van der Waals surface area contributed by atoms with E-state index in [0.717, 1.165) is 3.57 Å². The molecule has 1 amide bonds. The van der Waals surface area contributed by atoms with Crippen LogP contribution in [0.4, 0.5) is 0 Å². The Balaban J connectivity index is 2.30. The molecule has 0 saturated carbocycles. The minimum Gasteiger partial charge on any atom is -0.288 e. The van der Waals surface area contributed by atoms with Gasteiger partial charge in [-0.3, -0.25) is 9.59 Å². The molecule has 0 bridgehead atoms. The summed E-state index contributed by atoms with van der Waals surface area (Å²) >= 11 is 7.76. The Labute approximate surface area is 122 Å². The van der Waals surface area contributed by atoms with Crippen molar-refractivity contribution in [3.05, 3.63) is 56.7 Å². The number of carbonyl (C=O) groups is 2. The minimum atomic E-state index is -0.352. The van der Waals surface area contributed by atoms with Gasteiger partial charge in [-0.2, -0.15) is 0 Å². The molecule has 1 aliphatic carbocycles. The summed E-state index contributed by atoms with van der Waals surface area (Å²) in [6.45, 7) is 0. The molecule has 18 heavy (non-hydrogen) atoms. The quantitative estimate of drug-likeness (QED) is 0.562. The van der Waals surface area contributed by atoms with E-state index in [2.05, 4.69) is 27.6 Å². The zero-order valence-electron chi connectivity index (χ0n) is 9.06. The molecule has 5 heteroatoms. The zero-order valence-corrected chi connectivity index (χ0v) is 12.0. The molecule has 0 heterocycles. The van der Waals surface area contributed by atoms with Crippen molar-refractivity contribution in [2.45, 2.75) is 0 Å². The van der Waals surface area contributed by atoms with E-state index in [1.807, 2.05) is 12.1 Å². The number of hydrogen-bond donors (Lipinski definition) is 0. The van der Waals surface area contributed by atoms with E-state index >= 15 is 0 Å². The van der Waals surface area contributed by atoms with E-state index in [1.165, 1.54) is 18.2 Å². The Bertz CT molecular complexity index is 617. The maximum absolute atomic E-state index is 11.9. The largest absolute Gasteiger partial charge is 0.288 e. The van der Waals surface area contributed by atoms with Gasteiger partial charge in [-0.25, -0.2) is 4.99 Å². The molecule has 1 aliphatic rings. The third-order valence-electron chi connectivity index (χ3n) is 2.25. The molecule has 1 aromatic carbocycles. The molecular weight excluding hydrogens is 365 g/mol. The summed E-state index contributed by atoms with van der Waals surface area (Å²) in [7, 11) is 0. The topological polar surface area (TPSA) is 46.5 Å². The van der Waals surface area contributed by atoms with Crippen molar-refractivity contribution in [2.75, 3.05) is 0 Å². The Kier molecular flexibility index (Phi) is 4.08. The second kappa shape index (κ2) is 5.58. The minimum absolute atomic E-state index is 0.0619. The second-order valence-corrected chi connectivity index (χ2v) is 5.08. The fourth-order valence-corrected chi connectivity index (χ4v) is 2.16. The zero-order chi connectivity index (χ0) is 13.1. The first-order valence-corrected chi connectivity index (χ1v) is 6.51. The Morgan fingerprint density at radius 1 is 1.22 bits per heavy atom. The fourth-order valence-electron chi connectivity index (χ4n) is 1.37. The number of ketones is 1. The number of allylic oxidation sites excluding steroid dienone is 4. The number of aliphatic imine (C=N–C) groups is 1. The van der Waals surface area contributed by atoms with Gasteiger partial charge in [-0.05, 0) is 53.0 Å². The first-order chi connectivity index (χ1) is 8.58. The lowest BCUT2D eigenvalue weighted by molar-refractivity contribution is -0.110. The highest BCUT2D eigenvalue weighted by Gasteiger charge is 2.12. The van der Waals surface area contributed by atoms with Crippen LogP contribution in [0.25, 0.3) is 0 Å². The normalized spacial score (nSPS) is 16.9. The van der Waals surface area contributed by atoms with Crippen molar-refractivity contribution in [3.8, 4) is 0 Å². The van der Waals surface area contributed by atoms with Crippen LogP contribution in [-0.4, -0.2) is 17.4 Å². The highest BCUT2D eigenvalue weighted by molar-refractivity contribution is 14.1. The van der Waals surface area contributed by atoms with Crippen LogP contribution < -0.4 is 0 Å². The lowest BCUT2D eigenvalue weighted by atomic mass is 10.1. The van der Waals surface area contributed by atoms with E-state index in [-0.39, 0.29) is 16.7 Å². The van der Waals surface area contributed by atoms with Crippen molar-refractivity contribution in [1.29, 1.82) is 0 Å². The summed E-state index contributed by atoms with van der Waals surface area (Å²) in [5, 5.41) is 0.0619. The number of nitrogens with zero attached hydrogens (tertiary/aromatic N) is 1. The maximum Gasteiger partial charge on any atom is 0.278 e. The summed E-state index contributed by atoms with van der Waals surface area (Å²) in [6.07, 6.45) is 4.16. The highest BCUT2D eigenvalue weighted by atomic mass is 127. The number of benzene rings is 1. The standard InChI is InChI=1S/C13H7ClINO2/c14-10-7-8(5-6-12(10)17)16-13(18)9-3-1-2-4-11(9)15/h1-7H. The monoisotopic (exact) mass is 371 g/mol. The predicted octanol–water partition coefficient (Wildman–Crippen LogP) is 3.13. The molecule has 0 radical (unpaired) electrons. The van der Waals surface area contributed by atoms with Gasteiger partial charge >= 0.3 is 0 Å². The number of carbonyl (C=O) groups excluding carboxylic acids is 2. The molecule has 0 aromatic heterocycles. The molecule has 0 saturated heterocycles. The molecule has 2 rings (SSSR count). The van der Waals surface area contributed by atoms with Crippen LogP contribution in [0.2, 0.25) is 0 Å². The SMILES string of the molecule is O=C1C=CC(=NC(=O)c2ccccc2I)C=C1Cl. The first kappa shape index (κ1) is 13.2.